The standard InChI is InChI=1S/C66H128O17P2/c1-7-9-11-13-14-15-16-17-18-19-20-21-22-23-28-31-38-44-50-65(70)82-62(55-77-64(69)49-43-37-30-27-25-24-26-29-35-40-46-58(3)4)57-81-85(74,75)79-53-60(67)52-78-84(72,73)80-56-61(54-76-63(68)48-42-34-12-10-8-2)83-66(71)51-45-39-33-32-36-41-47-59(5)6/h58-62,67H,7-57H2,1-6H3,(H,72,73)(H,74,75)/t60-,61+,62+/m0/s1. The van der Waals surface area contributed by atoms with Crippen molar-refractivity contribution in [1.29, 1.82) is 0 Å². The average Bonchev–Trinajstić information content (AvgIpc) is 3.61. The minimum atomic E-state index is -4.95. The maximum atomic E-state index is 13.0. The topological polar surface area (TPSA) is 237 Å². The Kier molecular flexibility index (Phi) is 57.1. The average molecular weight is 1260 g/mol. The summed E-state index contributed by atoms with van der Waals surface area (Å²) in [6.45, 7) is 9.32. The van der Waals surface area contributed by atoms with E-state index in [1.54, 1.807) is 0 Å². The van der Waals surface area contributed by atoms with Crippen molar-refractivity contribution in [3.63, 3.8) is 0 Å². The molecule has 0 aromatic heterocycles. The van der Waals surface area contributed by atoms with Crippen LogP contribution in [0.25, 0.3) is 0 Å². The van der Waals surface area contributed by atoms with Gasteiger partial charge in [0.15, 0.2) is 12.2 Å². The Morgan fingerprint density at radius 2 is 0.541 bits per heavy atom. The number of phosphoric acid groups is 2. The normalized spacial score (nSPS) is 14.2. The first kappa shape index (κ1) is 83.1. The number of aliphatic hydroxyl groups excluding tert-OH is 1. The van der Waals surface area contributed by atoms with Gasteiger partial charge in [0.05, 0.1) is 26.4 Å². The summed E-state index contributed by atoms with van der Waals surface area (Å²) in [5.41, 5.74) is 0. The van der Waals surface area contributed by atoms with Gasteiger partial charge in [-0.3, -0.25) is 37.3 Å². The SMILES string of the molecule is CCCCCCCCCCCCCCCCCCCCC(=O)O[C@H](COC(=O)CCCCCCCCCCCCC(C)C)COP(=O)(O)OC[C@@H](O)COP(=O)(O)OC[C@@H](COC(=O)CCCCCCC)OC(=O)CCCCCCCCC(C)C. The highest BCUT2D eigenvalue weighted by Crippen LogP contribution is 2.45. The monoisotopic (exact) mass is 1250 g/mol. The smallest absolute Gasteiger partial charge is 0.462 e. The number of carbonyl (C=O) groups is 4. The number of ether oxygens (including phenoxy) is 4. The molecule has 0 heterocycles. The molecular formula is C66H128O17P2. The highest BCUT2D eigenvalue weighted by Gasteiger charge is 2.30. The molecule has 19 heteroatoms. The van der Waals surface area contributed by atoms with Crippen molar-refractivity contribution in [2.24, 2.45) is 11.8 Å². The van der Waals surface area contributed by atoms with E-state index >= 15 is 0 Å². The highest BCUT2D eigenvalue weighted by molar-refractivity contribution is 7.47. The number of aliphatic hydroxyl groups is 1. The lowest BCUT2D eigenvalue weighted by Gasteiger charge is -2.21. The molecular weight excluding hydrogens is 1130 g/mol. The molecule has 85 heavy (non-hydrogen) atoms. The van der Waals surface area contributed by atoms with E-state index in [0.29, 0.717) is 31.6 Å². The molecule has 0 fully saturated rings. The second-order valence-electron chi connectivity index (χ2n) is 24.8. The number of carbonyl (C=O) groups excluding carboxylic acids is 4. The zero-order valence-electron chi connectivity index (χ0n) is 54.9. The summed E-state index contributed by atoms with van der Waals surface area (Å²) in [7, 11) is -9.88. The predicted molar refractivity (Wildman–Crippen MR) is 340 cm³/mol. The highest BCUT2D eigenvalue weighted by atomic mass is 31.2. The summed E-state index contributed by atoms with van der Waals surface area (Å²) in [5, 5.41) is 10.5. The molecule has 17 nitrogen and oxygen atoms in total. The van der Waals surface area contributed by atoms with Gasteiger partial charge in [-0.25, -0.2) is 9.13 Å². The van der Waals surface area contributed by atoms with E-state index in [4.69, 9.17) is 37.0 Å². The van der Waals surface area contributed by atoms with E-state index in [-0.39, 0.29) is 25.7 Å². The molecule has 0 bridgehead atoms. The number of phosphoric ester groups is 2. The van der Waals surface area contributed by atoms with Crippen molar-refractivity contribution in [2.75, 3.05) is 39.6 Å². The molecule has 0 amide bonds. The van der Waals surface area contributed by atoms with E-state index in [9.17, 15) is 43.2 Å². The molecule has 0 spiro atoms. The number of rotatable bonds is 65. The largest absolute Gasteiger partial charge is 0.472 e. The van der Waals surface area contributed by atoms with Crippen LogP contribution >= 0.6 is 15.6 Å². The van der Waals surface area contributed by atoms with Gasteiger partial charge >= 0.3 is 39.5 Å². The van der Waals surface area contributed by atoms with Gasteiger partial charge < -0.3 is 33.8 Å². The van der Waals surface area contributed by atoms with Crippen LogP contribution in [0.15, 0.2) is 0 Å². The van der Waals surface area contributed by atoms with E-state index in [1.807, 2.05) is 0 Å². The summed E-state index contributed by atoms with van der Waals surface area (Å²) in [4.78, 5) is 72.0. The minimum absolute atomic E-state index is 0.101. The predicted octanol–water partition coefficient (Wildman–Crippen LogP) is 18.4. The number of hydrogen-bond acceptors (Lipinski definition) is 15. The summed E-state index contributed by atoms with van der Waals surface area (Å²) >= 11 is 0. The second-order valence-corrected chi connectivity index (χ2v) is 27.7. The van der Waals surface area contributed by atoms with Crippen molar-refractivity contribution in [2.45, 2.75) is 349 Å². The lowest BCUT2D eigenvalue weighted by Crippen LogP contribution is -2.30. The Bertz CT molecular complexity index is 1670. The Morgan fingerprint density at radius 3 is 0.800 bits per heavy atom. The quantitative estimate of drug-likeness (QED) is 0.0222. The van der Waals surface area contributed by atoms with Crippen LogP contribution in [0.1, 0.15) is 330 Å². The second kappa shape index (κ2) is 58.4. The van der Waals surface area contributed by atoms with E-state index < -0.39 is 97.5 Å². The Labute approximate surface area is 517 Å². The van der Waals surface area contributed by atoms with Crippen molar-refractivity contribution >= 4 is 39.5 Å². The summed E-state index contributed by atoms with van der Waals surface area (Å²) in [6, 6.07) is 0. The summed E-state index contributed by atoms with van der Waals surface area (Å²) < 4.78 is 67.8. The molecule has 504 valence electrons. The molecule has 2 unspecified atom stereocenters. The third kappa shape index (κ3) is 60.7. The fourth-order valence-corrected chi connectivity index (χ4v) is 11.5. The minimum Gasteiger partial charge on any atom is -0.462 e. The lowest BCUT2D eigenvalue weighted by atomic mass is 10.0. The first-order valence-electron chi connectivity index (χ1n) is 34.5. The van der Waals surface area contributed by atoms with Crippen LogP contribution in [0.3, 0.4) is 0 Å². The number of esters is 4. The van der Waals surface area contributed by atoms with Crippen LogP contribution < -0.4 is 0 Å². The lowest BCUT2D eigenvalue weighted by molar-refractivity contribution is -0.161. The number of hydrogen-bond donors (Lipinski definition) is 3. The molecule has 0 aliphatic rings. The zero-order chi connectivity index (χ0) is 62.9. The van der Waals surface area contributed by atoms with Gasteiger partial charge in [0.1, 0.15) is 19.3 Å². The molecule has 0 rings (SSSR count). The van der Waals surface area contributed by atoms with Crippen LogP contribution in [-0.2, 0) is 65.4 Å². The van der Waals surface area contributed by atoms with Crippen LogP contribution in [0.2, 0.25) is 0 Å². The fourth-order valence-electron chi connectivity index (χ4n) is 9.88. The molecule has 0 aromatic carbocycles. The van der Waals surface area contributed by atoms with Gasteiger partial charge in [0, 0.05) is 25.7 Å². The molecule has 0 aliphatic heterocycles. The molecule has 0 saturated carbocycles. The van der Waals surface area contributed by atoms with Crippen LogP contribution in [0, 0.1) is 11.8 Å². The van der Waals surface area contributed by atoms with Crippen molar-refractivity contribution in [3.8, 4) is 0 Å². The summed E-state index contributed by atoms with van der Waals surface area (Å²) in [5.74, 6) is -0.717. The molecule has 0 radical (unpaired) electrons. The van der Waals surface area contributed by atoms with Crippen molar-refractivity contribution in [3.05, 3.63) is 0 Å². The molecule has 0 aromatic rings. The molecule has 0 aliphatic carbocycles. The van der Waals surface area contributed by atoms with Gasteiger partial charge in [-0.2, -0.15) is 0 Å². The molecule has 0 saturated heterocycles. The summed E-state index contributed by atoms with van der Waals surface area (Å²) in [6.07, 6.45) is 42.3. The van der Waals surface area contributed by atoms with Gasteiger partial charge in [-0.05, 0) is 37.5 Å². The van der Waals surface area contributed by atoms with E-state index in [0.717, 1.165) is 102 Å². The van der Waals surface area contributed by atoms with E-state index in [2.05, 4.69) is 41.5 Å². The Hall–Kier alpha value is -1.94. The van der Waals surface area contributed by atoms with Crippen LogP contribution in [0.5, 0.6) is 0 Å². The third-order valence-corrected chi connectivity index (χ3v) is 17.1. The third-order valence-electron chi connectivity index (χ3n) is 15.2. The van der Waals surface area contributed by atoms with Crippen molar-refractivity contribution < 1.29 is 80.2 Å². The maximum absolute atomic E-state index is 13.0. The fraction of sp³-hybridized carbons (Fsp3) is 0.939. The van der Waals surface area contributed by atoms with E-state index in [1.165, 1.54) is 141 Å². The number of unbranched alkanes of at least 4 members (excludes halogenated alkanes) is 35. The van der Waals surface area contributed by atoms with Gasteiger partial charge in [-0.1, -0.05) is 279 Å². The van der Waals surface area contributed by atoms with Gasteiger partial charge in [0.25, 0.3) is 0 Å². The van der Waals surface area contributed by atoms with Crippen molar-refractivity contribution in [1.82, 2.24) is 0 Å². The first-order valence-corrected chi connectivity index (χ1v) is 37.5. The van der Waals surface area contributed by atoms with Gasteiger partial charge in [-0.15, -0.1) is 0 Å². The molecule has 3 N–H and O–H groups in total. The van der Waals surface area contributed by atoms with Crippen LogP contribution in [0.4, 0.5) is 0 Å². The maximum Gasteiger partial charge on any atom is 0.472 e. The van der Waals surface area contributed by atoms with Crippen LogP contribution in [-0.4, -0.2) is 96.7 Å². The first-order chi connectivity index (χ1) is 40.9. The molecule has 5 atom stereocenters. The Morgan fingerprint density at radius 1 is 0.318 bits per heavy atom. The zero-order valence-corrected chi connectivity index (χ0v) is 56.7. The Balaban J connectivity index is 5.15. The van der Waals surface area contributed by atoms with Gasteiger partial charge in [0.2, 0.25) is 0 Å².